The molecule has 166 valence electrons. The number of rotatable bonds is 6. The number of hydrogen-bond acceptors (Lipinski definition) is 7. The molecule has 2 bridgehead atoms. The maximum Gasteiger partial charge on any atom is 0.387 e. The molecular weight excluding hydrogens is 426 g/mol. The van der Waals surface area contributed by atoms with Gasteiger partial charge in [0.2, 0.25) is 0 Å². The molecule has 5 rings (SSSR count). The number of carbonyl (C=O) groups excluding carboxylic acids is 1. The van der Waals surface area contributed by atoms with Crippen LogP contribution in [0.25, 0.3) is 0 Å². The third kappa shape index (κ3) is 4.18. The van der Waals surface area contributed by atoms with Crippen molar-refractivity contribution in [3.8, 4) is 11.5 Å². The van der Waals surface area contributed by atoms with Crippen molar-refractivity contribution in [1.82, 2.24) is 15.2 Å². The minimum Gasteiger partial charge on any atom is -0.480 e. The topological polar surface area (TPSA) is 66.9 Å². The van der Waals surface area contributed by atoms with Crippen LogP contribution in [0.1, 0.15) is 23.4 Å². The van der Waals surface area contributed by atoms with Crippen molar-refractivity contribution >= 4 is 22.4 Å². The molecule has 0 saturated carbocycles. The highest BCUT2D eigenvalue weighted by molar-refractivity contribution is 7.15. The number of para-hydroxylation sites is 2. The van der Waals surface area contributed by atoms with E-state index in [9.17, 15) is 13.6 Å². The Hall–Kier alpha value is -2.46. The van der Waals surface area contributed by atoms with Gasteiger partial charge in [-0.1, -0.05) is 23.5 Å². The van der Waals surface area contributed by atoms with Gasteiger partial charge in [0.15, 0.2) is 23.2 Å². The first kappa shape index (κ1) is 20.4. The van der Waals surface area contributed by atoms with Crippen LogP contribution in [0.2, 0.25) is 0 Å². The van der Waals surface area contributed by atoms with Gasteiger partial charge >= 0.3 is 6.61 Å². The molecule has 3 aliphatic heterocycles. The number of aromatic nitrogens is 1. The van der Waals surface area contributed by atoms with Crippen LogP contribution in [0.5, 0.6) is 11.5 Å². The van der Waals surface area contributed by atoms with E-state index in [0.29, 0.717) is 31.6 Å². The van der Waals surface area contributed by atoms with Crippen LogP contribution in [-0.2, 0) is 17.8 Å². The third-order valence-corrected chi connectivity index (χ3v) is 7.19. The van der Waals surface area contributed by atoms with Gasteiger partial charge in [-0.3, -0.25) is 4.79 Å². The van der Waals surface area contributed by atoms with Crippen molar-refractivity contribution in [1.29, 1.82) is 0 Å². The van der Waals surface area contributed by atoms with Gasteiger partial charge in [0, 0.05) is 43.0 Å². The second-order valence-corrected chi connectivity index (χ2v) is 9.06. The van der Waals surface area contributed by atoms with Crippen molar-refractivity contribution in [2.45, 2.75) is 44.5 Å². The van der Waals surface area contributed by atoms with Crippen molar-refractivity contribution in [3.63, 3.8) is 0 Å². The second-order valence-electron chi connectivity index (χ2n) is 8.00. The Kier molecular flexibility index (Phi) is 5.66. The minimum absolute atomic E-state index is 0.0796. The molecule has 7 nitrogen and oxygen atoms in total. The highest BCUT2D eigenvalue weighted by atomic mass is 32.1. The Morgan fingerprint density at radius 2 is 1.97 bits per heavy atom. The summed E-state index contributed by atoms with van der Waals surface area (Å²) in [6.07, 6.45) is 3.10. The molecular formula is C21H24F2N4O3S. The number of carbonyl (C=O) groups is 1. The molecule has 0 aliphatic carbocycles. The van der Waals surface area contributed by atoms with Gasteiger partial charge in [0.1, 0.15) is 0 Å². The molecule has 10 heteroatoms. The summed E-state index contributed by atoms with van der Waals surface area (Å²) in [4.78, 5) is 22.9. The molecule has 1 N–H and O–H groups in total. The van der Waals surface area contributed by atoms with E-state index in [-0.39, 0.29) is 24.0 Å². The fourth-order valence-corrected chi connectivity index (χ4v) is 5.86. The number of nitrogens with zero attached hydrogens (tertiary/aromatic N) is 3. The summed E-state index contributed by atoms with van der Waals surface area (Å²) in [6.45, 7) is -0.105. The fourth-order valence-electron chi connectivity index (χ4n) is 4.59. The van der Waals surface area contributed by atoms with Gasteiger partial charge in [-0.05, 0) is 25.0 Å². The number of nitrogens with one attached hydrogen (secondary N) is 1. The van der Waals surface area contributed by atoms with Crippen LogP contribution in [0.4, 0.5) is 13.9 Å². The second kappa shape index (κ2) is 8.58. The lowest BCUT2D eigenvalue weighted by atomic mass is 10.2. The standard InChI is InChI=1S/C21H24F2N4O3S/c22-20(23)30-17-4-2-1-3-16(17)29-12-19(28)26-8-7-15-18(11-26)31-21(25-15)27-13-5-6-14(27)10-24-9-13/h1-4,13-14,20,24H,5-12H2. The van der Waals surface area contributed by atoms with Crippen molar-refractivity contribution in [3.05, 3.63) is 34.8 Å². The smallest absolute Gasteiger partial charge is 0.387 e. The van der Waals surface area contributed by atoms with Gasteiger partial charge in [-0.25, -0.2) is 4.98 Å². The molecule has 2 atom stereocenters. The third-order valence-electron chi connectivity index (χ3n) is 6.09. The van der Waals surface area contributed by atoms with Crippen LogP contribution >= 0.6 is 11.3 Å². The summed E-state index contributed by atoms with van der Waals surface area (Å²) in [7, 11) is 0. The highest BCUT2D eigenvalue weighted by Crippen LogP contribution is 2.38. The fraction of sp³-hybridized carbons (Fsp3) is 0.524. The number of thiazole rings is 1. The minimum atomic E-state index is -2.95. The number of alkyl halides is 2. The predicted octanol–water partition coefficient (Wildman–Crippen LogP) is 2.65. The summed E-state index contributed by atoms with van der Waals surface area (Å²) in [5.41, 5.74) is 1.08. The van der Waals surface area contributed by atoms with E-state index in [2.05, 4.69) is 15.0 Å². The van der Waals surface area contributed by atoms with Crippen LogP contribution in [0.3, 0.4) is 0 Å². The summed E-state index contributed by atoms with van der Waals surface area (Å²) >= 11 is 1.68. The van der Waals surface area contributed by atoms with E-state index in [4.69, 9.17) is 9.72 Å². The van der Waals surface area contributed by atoms with Crippen LogP contribution < -0.4 is 19.7 Å². The molecule has 0 radical (unpaired) electrons. The number of piperazine rings is 1. The lowest BCUT2D eigenvalue weighted by Crippen LogP contribution is -2.51. The van der Waals surface area contributed by atoms with E-state index in [1.807, 2.05) is 0 Å². The first-order valence-electron chi connectivity index (χ1n) is 10.5. The van der Waals surface area contributed by atoms with Gasteiger partial charge in [-0.2, -0.15) is 8.78 Å². The maximum atomic E-state index is 12.7. The Labute approximate surface area is 182 Å². The van der Waals surface area contributed by atoms with E-state index in [0.717, 1.165) is 28.8 Å². The lowest BCUT2D eigenvalue weighted by Gasteiger charge is -2.35. The van der Waals surface area contributed by atoms with E-state index < -0.39 is 6.61 Å². The quantitative estimate of drug-likeness (QED) is 0.730. The Morgan fingerprint density at radius 1 is 1.23 bits per heavy atom. The molecule has 0 spiro atoms. The average molecular weight is 451 g/mol. The molecule has 2 fully saturated rings. The molecule has 3 aliphatic rings. The number of fused-ring (bicyclic) bond motifs is 3. The first-order valence-corrected chi connectivity index (χ1v) is 11.3. The number of anilines is 1. The van der Waals surface area contributed by atoms with E-state index in [1.165, 1.54) is 25.0 Å². The SMILES string of the molecule is O=C(COc1ccccc1OC(F)F)N1CCc2nc(N3C4CCC3CNC4)sc2C1. The Balaban J connectivity index is 1.22. The zero-order valence-electron chi connectivity index (χ0n) is 16.9. The normalized spacial score (nSPS) is 22.5. The zero-order valence-corrected chi connectivity index (χ0v) is 17.7. The largest absolute Gasteiger partial charge is 0.480 e. The molecule has 2 unspecified atom stereocenters. The summed E-state index contributed by atoms with van der Waals surface area (Å²) in [5, 5.41) is 4.56. The van der Waals surface area contributed by atoms with E-state index in [1.54, 1.807) is 28.4 Å². The summed E-state index contributed by atoms with van der Waals surface area (Å²) in [6, 6.07) is 7.14. The maximum absolute atomic E-state index is 12.7. The molecule has 1 aromatic carbocycles. The number of ether oxygens (including phenoxy) is 2. The molecule has 4 heterocycles. The number of hydrogen-bond donors (Lipinski definition) is 1. The van der Waals surface area contributed by atoms with Gasteiger partial charge in [0.05, 0.1) is 12.2 Å². The number of halogens is 2. The molecule has 2 aromatic rings. The van der Waals surface area contributed by atoms with Crippen molar-refractivity contribution in [2.75, 3.05) is 31.1 Å². The summed E-state index contributed by atoms with van der Waals surface area (Å²) < 4.78 is 35.1. The van der Waals surface area contributed by atoms with Crippen molar-refractivity contribution in [2.24, 2.45) is 0 Å². The Bertz CT molecular complexity index is 940. The first-order chi connectivity index (χ1) is 15.1. The van der Waals surface area contributed by atoms with Gasteiger partial charge < -0.3 is 24.6 Å². The van der Waals surface area contributed by atoms with Crippen LogP contribution in [0.15, 0.2) is 24.3 Å². The molecule has 2 saturated heterocycles. The number of benzene rings is 1. The highest BCUT2D eigenvalue weighted by Gasteiger charge is 2.39. The van der Waals surface area contributed by atoms with Crippen LogP contribution in [-0.4, -0.2) is 60.7 Å². The summed E-state index contributed by atoms with van der Waals surface area (Å²) in [5.74, 6) is -0.137. The lowest BCUT2D eigenvalue weighted by molar-refractivity contribution is -0.134. The molecule has 31 heavy (non-hydrogen) atoms. The van der Waals surface area contributed by atoms with Gasteiger partial charge in [0.25, 0.3) is 5.91 Å². The number of amides is 1. The molecule has 1 aromatic heterocycles. The average Bonchev–Trinajstić information content (AvgIpc) is 3.28. The van der Waals surface area contributed by atoms with Gasteiger partial charge in [-0.15, -0.1) is 0 Å². The predicted molar refractivity (Wildman–Crippen MR) is 112 cm³/mol. The van der Waals surface area contributed by atoms with E-state index >= 15 is 0 Å². The molecule has 1 amide bonds. The monoisotopic (exact) mass is 450 g/mol. The Morgan fingerprint density at radius 3 is 2.71 bits per heavy atom. The zero-order chi connectivity index (χ0) is 21.4. The van der Waals surface area contributed by atoms with Crippen molar-refractivity contribution < 1.29 is 23.0 Å². The van der Waals surface area contributed by atoms with Crippen LogP contribution in [0, 0.1) is 0 Å².